The molecule has 1 atom stereocenters. The van der Waals surface area contributed by atoms with Crippen LogP contribution < -0.4 is 4.90 Å². The molecule has 1 fully saturated rings. The minimum absolute atomic E-state index is 0.381. The number of aromatic nitrogens is 2. The topological polar surface area (TPSA) is 38.2 Å². The number of morpholine rings is 1. The van der Waals surface area contributed by atoms with E-state index in [9.17, 15) is 0 Å². The average molecular weight is 376 g/mol. The highest BCUT2D eigenvalue weighted by molar-refractivity contribution is 5.79. The van der Waals surface area contributed by atoms with Gasteiger partial charge in [-0.15, -0.1) is 0 Å². The van der Waals surface area contributed by atoms with Crippen LogP contribution in [0.4, 0.5) is 5.82 Å². The molecule has 3 aromatic rings. The zero-order valence-electron chi connectivity index (χ0n) is 17.1. The van der Waals surface area contributed by atoms with E-state index in [1.165, 1.54) is 16.5 Å². The highest BCUT2D eigenvalue weighted by atomic mass is 16.5. The Morgan fingerprint density at radius 3 is 2.46 bits per heavy atom. The summed E-state index contributed by atoms with van der Waals surface area (Å²) in [7, 11) is 0. The minimum Gasteiger partial charge on any atom is -0.378 e. The molecule has 0 aliphatic carbocycles. The van der Waals surface area contributed by atoms with Crippen LogP contribution in [-0.2, 0) is 11.2 Å². The van der Waals surface area contributed by atoms with Crippen LogP contribution in [0.25, 0.3) is 10.9 Å². The molecule has 4 nitrogen and oxygen atoms in total. The van der Waals surface area contributed by atoms with Crippen molar-refractivity contribution in [2.75, 3.05) is 31.2 Å². The number of hydrogen-bond acceptors (Lipinski definition) is 4. The fraction of sp³-hybridized carbons (Fsp3) is 0.417. The van der Waals surface area contributed by atoms with Crippen molar-refractivity contribution in [1.82, 2.24) is 9.97 Å². The molecule has 3 heterocycles. The summed E-state index contributed by atoms with van der Waals surface area (Å²) < 4.78 is 5.42. The molecule has 146 valence electrons. The minimum atomic E-state index is 0.381. The van der Waals surface area contributed by atoms with E-state index in [2.05, 4.69) is 68.1 Å². The summed E-state index contributed by atoms with van der Waals surface area (Å²) in [4.78, 5) is 11.9. The second kappa shape index (κ2) is 8.27. The standard InChI is InChI=1S/C24H29N3O/c1-17(2)19-5-8-23-20(15-19)4-7-22(26-23)14-18(3)21-6-9-24(25-16-21)27-10-12-28-13-11-27/h4-9,15-18H,10-14H2,1-3H3. The summed E-state index contributed by atoms with van der Waals surface area (Å²) >= 11 is 0. The third kappa shape index (κ3) is 4.17. The molecule has 0 spiro atoms. The van der Waals surface area contributed by atoms with Gasteiger partial charge in [0, 0.05) is 30.4 Å². The van der Waals surface area contributed by atoms with Crippen LogP contribution in [0.2, 0.25) is 0 Å². The SMILES string of the molecule is CC(C)c1ccc2nc(CC(C)c3ccc(N4CCOCC4)nc3)ccc2c1. The lowest BCUT2D eigenvalue weighted by Crippen LogP contribution is -2.36. The van der Waals surface area contributed by atoms with E-state index in [0.29, 0.717) is 11.8 Å². The van der Waals surface area contributed by atoms with Gasteiger partial charge in [-0.25, -0.2) is 4.98 Å². The van der Waals surface area contributed by atoms with Gasteiger partial charge in [-0.1, -0.05) is 39.0 Å². The molecule has 1 aromatic carbocycles. The molecule has 0 saturated carbocycles. The molecule has 0 amide bonds. The highest BCUT2D eigenvalue weighted by Gasteiger charge is 2.14. The number of anilines is 1. The Labute approximate surface area is 167 Å². The maximum absolute atomic E-state index is 5.42. The predicted octanol–water partition coefficient (Wildman–Crippen LogP) is 4.94. The molecule has 1 unspecified atom stereocenters. The fourth-order valence-corrected chi connectivity index (χ4v) is 3.76. The Kier molecular flexibility index (Phi) is 5.58. The van der Waals surface area contributed by atoms with Crippen LogP contribution >= 0.6 is 0 Å². The Morgan fingerprint density at radius 2 is 1.75 bits per heavy atom. The zero-order chi connectivity index (χ0) is 19.5. The number of ether oxygens (including phenoxy) is 1. The Morgan fingerprint density at radius 1 is 0.964 bits per heavy atom. The van der Waals surface area contributed by atoms with Crippen molar-refractivity contribution in [2.45, 2.75) is 39.0 Å². The summed E-state index contributed by atoms with van der Waals surface area (Å²) in [5.74, 6) is 1.96. The second-order valence-corrected chi connectivity index (χ2v) is 8.06. The fourth-order valence-electron chi connectivity index (χ4n) is 3.76. The summed E-state index contributed by atoms with van der Waals surface area (Å²) in [5.41, 5.74) is 4.83. The van der Waals surface area contributed by atoms with E-state index >= 15 is 0 Å². The molecule has 0 N–H and O–H groups in total. The highest BCUT2D eigenvalue weighted by Crippen LogP contribution is 2.24. The van der Waals surface area contributed by atoms with Gasteiger partial charge in [-0.2, -0.15) is 0 Å². The number of rotatable bonds is 5. The Hall–Kier alpha value is -2.46. The van der Waals surface area contributed by atoms with E-state index in [0.717, 1.165) is 49.8 Å². The van der Waals surface area contributed by atoms with Gasteiger partial charge in [0.25, 0.3) is 0 Å². The van der Waals surface area contributed by atoms with E-state index in [1.54, 1.807) is 0 Å². The first-order valence-corrected chi connectivity index (χ1v) is 10.3. The lowest BCUT2D eigenvalue weighted by molar-refractivity contribution is 0.122. The van der Waals surface area contributed by atoms with Crippen molar-refractivity contribution < 1.29 is 4.74 Å². The lowest BCUT2D eigenvalue weighted by Gasteiger charge is -2.28. The second-order valence-electron chi connectivity index (χ2n) is 8.06. The molecular weight excluding hydrogens is 346 g/mol. The molecular formula is C24H29N3O. The van der Waals surface area contributed by atoms with Crippen LogP contribution in [0, 0.1) is 0 Å². The van der Waals surface area contributed by atoms with Crippen LogP contribution in [0.5, 0.6) is 0 Å². The number of benzene rings is 1. The third-order valence-electron chi connectivity index (χ3n) is 5.63. The molecule has 0 bridgehead atoms. The van der Waals surface area contributed by atoms with Crippen molar-refractivity contribution in [3.63, 3.8) is 0 Å². The molecule has 0 radical (unpaired) electrons. The van der Waals surface area contributed by atoms with Gasteiger partial charge in [0.15, 0.2) is 0 Å². The molecule has 4 rings (SSSR count). The van der Waals surface area contributed by atoms with Crippen molar-refractivity contribution in [1.29, 1.82) is 0 Å². The van der Waals surface area contributed by atoms with E-state index in [4.69, 9.17) is 14.7 Å². The molecule has 2 aromatic heterocycles. The van der Waals surface area contributed by atoms with Gasteiger partial charge in [0.1, 0.15) is 5.82 Å². The van der Waals surface area contributed by atoms with Crippen LogP contribution in [0.1, 0.15) is 49.4 Å². The van der Waals surface area contributed by atoms with Gasteiger partial charge in [-0.05, 0) is 53.6 Å². The van der Waals surface area contributed by atoms with Gasteiger partial charge >= 0.3 is 0 Å². The van der Waals surface area contributed by atoms with Crippen molar-refractivity contribution in [3.8, 4) is 0 Å². The Bertz CT molecular complexity index is 930. The monoisotopic (exact) mass is 375 g/mol. The first kappa shape index (κ1) is 18.9. The smallest absolute Gasteiger partial charge is 0.128 e. The van der Waals surface area contributed by atoms with Crippen molar-refractivity contribution >= 4 is 16.7 Å². The zero-order valence-corrected chi connectivity index (χ0v) is 17.1. The lowest BCUT2D eigenvalue weighted by atomic mass is 9.96. The van der Waals surface area contributed by atoms with Crippen LogP contribution in [0.15, 0.2) is 48.7 Å². The predicted molar refractivity (Wildman–Crippen MR) is 115 cm³/mol. The van der Waals surface area contributed by atoms with Crippen LogP contribution in [0.3, 0.4) is 0 Å². The van der Waals surface area contributed by atoms with Gasteiger partial charge in [0.2, 0.25) is 0 Å². The quantitative estimate of drug-likeness (QED) is 0.633. The summed E-state index contributed by atoms with van der Waals surface area (Å²) in [6.45, 7) is 10.1. The third-order valence-corrected chi connectivity index (χ3v) is 5.63. The Balaban J connectivity index is 1.46. The normalized spacial score (nSPS) is 15.9. The molecule has 1 aliphatic rings. The summed E-state index contributed by atoms with van der Waals surface area (Å²) in [6.07, 6.45) is 2.94. The number of pyridine rings is 2. The van der Waals surface area contributed by atoms with E-state index in [1.807, 2.05) is 6.20 Å². The average Bonchev–Trinajstić information content (AvgIpc) is 2.74. The van der Waals surface area contributed by atoms with E-state index < -0.39 is 0 Å². The van der Waals surface area contributed by atoms with E-state index in [-0.39, 0.29) is 0 Å². The molecule has 1 aliphatic heterocycles. The largest absolute Gasteiger partial charge is 0.378 e. The van der Waals surface area contributed by atoms with Gasteiger partial charge < -0.3 is 9.64 Å². The maximum atomic E-state index is 5.42. The van der Waals surface area contributed by atoms with Crippen molar-refractivity contribution in [3.05, 3.63) is 65.5 Å². The van der Waals surface area contributed by atoms with Gasteiger partial charge in [-0.3, -0.25) is 4.98 Å². The summed E-state index contributed by atoms with van der Waals surface area (Å²) in [6, 6.07) is 15.3. The number of hydrogen-bond donors (Lipinski definition) is 0. The van der Waals surface area contributed by atoms with Crippen LogP contribution in [-0.4, -0.2) is 36.3 Å². The first-order valence-electron chi connectivity index (χ1n) is 10.3. The van der Waals surface area contributed by atoms with Crippen molar-refractivity contribution in [2.24, 2.45) is 0 Å². The molecule has 28 heavy (non-hydrogen) atoms. The first-order chi connectivity index (χ1) is 13.6. The molecule has 1 saturated heterocycles. The maximum Gasteiger partial charge on any atom is 0.128 e. The molecule has 4 heteroatoms. The number of nitrogens with zero attached hydrogens (tertiary/aromatic N) is 3. The number of fused-ring (bicyclic) bond motifs is 1. The van der Waals surface area contributed by atoms with Gasteiger partial charge in [0.05, 0.1) is 18.7 Å². The summed E-state index contributed by atoms with van der Waals surface area (Å²) in [5, 5.41) is 1.22.